The maximum atomic E-state index is 9.63. The number of nitrogens with one attached hydrogen (secondary N) is 1. The van der Waals surface area contributed by atoms with Gasteiger partial charge in [0.1, 0.15) is 0 Å². The maximum Gasteiger partial charge on any atom is 0.0809 e. The van der Waals surface area contributed by atoms with Crippen LogP contribution in [-0.4, -0.2) is 49.2 Å². The summed E-state index contributed by atoms with van der Waals surface area (Å²) in [6, 6.07) is 0.389. The molecule has 0 spiro atoms. The lowest BCUT2D eigenvalue weighted by Gasteiger charge is -2.34. The van der Waals surface area contributed by atoms with Crippen molar-refractivity contribution in [2.45, 2.75) is 70.6 Å². The quantitative estimate of drug-likeness (QED) is 0.599. The Morgan fingerprint density at radius 1 is 1.47 bits per heavy atom. The van der Waals surface area contributed by atoms with Crippen LogP contribution in [0.25, 0.3) is 0 Å². The summed E-state index contributed by atoms with van der Waals surface area (Å²) in [4.78, 5) is 0. The normalized spacial score (nSPS) is 22.9. The fourth-order valence-electron chi connectivity index (χ4n) is 2.70. The van der Waals surface area contributed by atoms with Crippen LogP contribution in [0.4, 0.5) is 0 Å². The zero-order valence-electron chi connectivity index (χ0n) is 12.8. The monoisotopic (exact) mass is 273 g/mol. The topological polar surface area (TPSA) is 50.7 Å². The third-order valence-corrected chi connectivity index (χ3v) is 3.85. The summed E-state index contributed by atoms with van der Waals surface area (Å²) in [6.45, 7) is 8.90. The Kier molecular flexibility index (Phi) is 7.91. The lowest BCUT2D eigenvalue weighted by Crippen LogP contribution is -2.51. The van der Waals surface area contributed by atoms with Gasteiger partial charge in [0, 0.05) is 24.8 Å². The Hall–Kier alpha value is -0.160. The van der Waals surface area contributed by atoms with Crippen LogP contribution in [0.2, 0.25) is 0 Å². The average Bonchev–Trinajstić information content (AvgIpc) is 2.89. The van der Waals surface area contributed by atoms with Crippen molar-refractivity contribution in [1.82, 2.24) is 5.32 Å². The van der Waals surface area contributed by atoms with Crippen molar-refractivity contribution >= 4 is 0 Å². The molecule has 114 valence electrons. The lowest BCUT2D eigenvalue weighted by molar-refractivity contribution is 0.0130. The number of ether oxygens (including phenoxy) is 2. The van der Waals surface area contributed by atoms with Gasteiger partial charge in [0.25, 0.3) is 0 Å². The highest BCUT2D eigenvalue weighted by atomic mass is 16.5. The summed E-state index contributed by atoms with van der Waals surface area (Å²) in [5.41, 5.74) is -0.151. The van der Waals surface area contributed by atoms with E-state index < -0.39 is 0 Å². The van der Waals surface area contributed by atoms with E-state index >= 15 is 0 Å². The van der Waals surface area contributed by atoms with Crippen LogP contribution < -0.4 is 5.32 Å². The zero-order chi connectivity index (χ0) is 14.1. The van der Waals surface area contributed by atoms with Crippen LogP contribution in [0.3, 0.4) is 0 Å². The molecular weight excluding hydrogens is 242 g/mol. The molecule has 2 atom stereocenters. The molecule has 1 rings (SSSR count). The van der Waals surface area contributed by atoms with Crippen molar-refractivity contribution in [3.8, 4) is 0 Å². The van der Waals surface area contributed by atoms with E-state index in [2.05, 4.69) is 26.1 Å². The molecule has 2 unspecified atom stereocenters. The van der Waals surface area contributed by atoms with Crippen molar-refractivity contribution in [1.29, 1.82) is 0 Å². The lowest BCUT2D eigenvalue weighted by atomic mass is 9.90. The Labute approximate surface area is 117 Å². The molecule has 1 heterocycles. The molecule has 0 saturated carbocycles. The molecule has 4 nitrogen and oxygen atoms in total. The molecule has 1 aliphatic rings. The van der Waals surface area contributed by atoms with E-state index in [0.717, 1.165) is 51.9 Å². The molecule has 1 fully saturated rings. The Morgan fingerprint density at radius 2 is 2.26 bits per heavy atom. The van der Waals surface area contributed by atoms with Crippen LogP contribution in [0.1, 0.15) is 52.9 Å². The second kappa shape index (κ2) is 8.90. The smallest absolute Gasteiger partial charge is 0.0809 e. The highest BCUT2D eigenvalue weighted by Gasteiger charge is 2.27. The van der Waals surface area contributed by atoms with Gasteiger partial charge in [0.2, 0.25) is 0 Å². The Bertz CT molecular complexity index is 223. The van der Waals surface area contributed by atoms with Crippen molar-refractivity contribution in [3.63, 3.8) is 0 Å². The van der Waals surface area contributed by atoms with Crippen LogP contribution >= 0.6 is 0 Å². The highest BCUT2D eigenvalue weighted by Crippen LogP contribution is 2.18. The molecule has 1 saturated heterocycles. The molecule has 0 aromatic heterocycles. The number of hydrogen-bond donors (Lipinski definition) is 2. The minimum absolute atomic E-state index is 0.151. The van der Waals surface area contributed by atoms with E-state index in [-0.39, 0.29) is 12.1 Å². The third kappa shape index (κ3) is 6.21. The van der Waals surface area contributed by atoms with E-state index in [1.165, 1.54) is 0 Å². The Balaban J connectivity index is 2.16. The Morgan fingerprint density at radius 3 is 2.79 bits per heavy atom. The molecule has 19 heavy (non-hydrogen) atoms. The summed E-state index contributed by atoms with van der Waals surface area (Å²) >= 11 is 0. The first-order valence-electron chi connectivity index (χ1n) is 7.70. The van der Waals surface area contributed by atoms with E-state index in [9.17, 15) is 5.11 Å². The van der Waals surface area contributed by atoms with Crippen LogP contribution in [0.5, 0.6) is 0 Å². The van der Waals surface area contributed by atoms with E-state index in [1.54, 1.807) is 0 Å². The van der Waals surface area contributed by atoms with E-state index in [1.807, 2.05) is 0 Å². The van der Waals surface area contributed by atoms with Crippen LogP contribution in [0, 0.1) is 0 Å². The van der Waals surface area contributed by atoms with Crippen LogP contribution in [0.15, 0.2) is 0 Å². The van der Waals surface area contributed by atoms with Gasteiger partial charge in [-0.05, 0) is 32.1 Å². The number of rotatable bonds is 10. The minimum Gasteiger partial charge on any atom is -0.394 e. The first-order chi connectivity index (χ1) is 9.12. The van der Waals surface area contributed by atoms with Gasteiger partial charge in [-0.1, -0.05) is 20.8 Å². The molecule has 0 aromatic rings. The standard InChI is InChI=1S/C15H31NO3/c1-4-15(12-17,16-13(2)3)8-6-9-18-11-14-7-5-10-19-14/h13-14,16-17H,4-12H2,1-3H3. The fourth-order valence-corrected chi connectivity index (χ4v) is 2.70. The minimum atomic E-state index is -0.151. The number of aliphatic hydroxyl groups excluding tert-OH is 1. The molecule has 2 N–H and O–H groups in total. The van der Waals surface area contributed by atoms with Gasteiger partial charge in [-0.3, -0.25) is 0 Å². The number of aliphatic hydroxyl groups is 1. The summed E-state index contributed by atoms with van der Waals surface area (Å²) in [6.07, 6.45) is 5.46. The van der Waals surface area contributed by atoms with Gasteiger partial charge in [0.05, 0.1) is 19.3 Å². The molecule has 0 amide bonds. The molecule has 0 aromatic carbocycles. The second-order valence-corrected chi connectivity index (χ2v) is 5.90. The first-order valence-corrected chi connectivity index (χ1v) is 7.70. The maximum absolute atomic E-state index is 9.63. The zero-order valence-corrected chi connectivity index (χ0v) is 12.8. The summed E-state index contributed by atoms with van der Waals surface area (Å²) in [5, 5.41) is 13.1. The van der Waals surface area contributed by atoms with Crippen molar-refractivity contribution in [2.75, 3.05) is 26.4 Å². The SMILES string of the molecule is CCC(CO)(CCCOCC1CCCO1)NC(C)C. The second-order valence-electron chi connectivity index (χ2n) is 5.90. The predicted molar refractivity (Wildman–Crippen MR) is 77.4 cm³/mol. The van der Waals surface area contributed by atoms with Gasteiger partial charge in [-0.2, -0.15) is 0 Å². The largest absolute Gasteiger partial charge is 0.394 e. The molecular formula is C15H31NO3. The van der Waals surface area contributed by atoms with Crippen molar-refractivity contribution in [2.24, 2.45) is 0 Å². The molecule has 1 aliphatic heterocycles. The molecule has 0 bridgehead atoms. The molecule has 0 radical (unpaired) electrons. The fraction of sp³-hybridized carbons (Fsp3) is 1.00. The van der Waals surface area contributed by atoms with Gasteiger partial charge in [0.15, 0.2) is 0 Å². The molecule has 0 aliphatic carbocycles. The number of hydrogen-bond acceptors (Lipinski definition) is 4. The van der Waals surface area contributed by atoms with Crippen LogP contribution in [-0.2, 0) is 9.47 Å². The van der Waals surface area contributed by atoms with Gasteiger partial charge in [-0.25, -0.2) is 0 Å². The third-order valence-electron chi connectivity index (χ3n) is 3.85. The summed E-state index contributed by atoms with van der Waals surface area (Å²) in [7, 11) is 0. The predicted octanol–water partition coefficient (Wildman–Crippen LogP) is 2.10. The van der Waals surface area contributed by atoms with Gasteiger partial charge in [-0.15, -0.1) is 0 Å². The molecule has 4 heteroatoms. The average molecular weight is 273 g/mol. The van der Waals surface area contributed by atoms with Crippen molar-refractivity contribution < 1.29 is 14.6 Å². The van der Waals surface area contributed by atoms with E-state index in [0.29, 0.717) is 12.1 Å². The highest BCUT2D eigenvalue weighted by molar-refractivity contribution is 4.87. The summed E-state index contributed by atoms with van der Waals surface area (Å²) < 4.78 is 11.2. The van der Waals surface area contributed by atoms with Crippen molar-refractivity contribution in [3.05, 3.63) is 0 Å². The van der Waals surface area contributed by atoms with E-state index in [4.69, 9.17) is 9.47 Å². The van der Waals surface area contributed by atoms with Gasteiger partial charge < -0.3 is 19.9 Å². The summed E-state index contributed by atoms with van der Waals surface area (Å²) in [5.74, 6) is 0. The van der Waals surface area contributed by atoms with Gasteiger partial charge >= 0.3 is 0 Å². The first kappa shape index (κ1) is 16.9.